The van der Waals surface area contributed by atoms with E-state index in [1.165, 1.54) is 5.56 Å². The van der Waals surface area contributed by atoms with Crippen LogP contribution in [0.1, 0.15) is 18.1 Å². The van der Waals surface area contributed by atoms with Gasteiger partial charge in [-0.1, -0.05) is 60.7 Å². The minimum Gasteiger partial charge on any atom is -0.398 e. The molecule has 0 bridgehead atoms. The molecule has 0 aliphatic rings. The predicted molar refractivity (Wildman–Crippen MR) is 69.6 cm³/mol. The zero-order valence-electron chi connectivity index (χ0n) is 9.35. The minimum atomic E-state index is 0.840. The maximum absolute atomic E-state index is 6.15. The summed E-state index contributed by atoms with van der Waals surface area (Å²) >= 11 is 0. The summed E-state index contributed by atoms with van der Waals surface area (Å²) in [6.45, 7) is 2.05. The summed E-state index contributed by atoms with van der Waals surface area (Å²) in [6, 6.07) is 20.3. The van der Waals surface area contributed by atoms with Gasteiger partial charge in [-0.3, -0.25) is 0 Å². The lowest BCUT2D eigenvalue weighted by molar-refractivity contribution is 1.48. The zero-order chi connectivity index (χ0) is 11.4. The molecule has 2 rings (SSSR count). The van der Waals surface area contributed by atoms with Gasteiger partial charge in [0.25, 0.3) is 0 Å². The number of allylic oxidation sites excluding steroid dienone is 1. The van der Waals surface area contributed by atoms with E-state index < -0.39 is 0 Å². The van der Waals surface area contributed by atoms with E-state index in [2.05, 4.69) is 19.1 Å². The van der Waals surface area contributed by atoms with E-state index in [4.69, 9.17) is 5.73 Å². The molecule has 0 spiro atoms. The fraction of sp³-hybridized carbons (Fsp3) is 0.0667. The molecule has 0 aliphatic carbocycles. The van der Waals surface area contributed by atoms with Crippen LogP contribution in [0.2, 0.25) is 0 Å². The smallest absolute Gasteiger partial charge is 0.0423 e. The van der Waals surface area contributed by atoms with Crippen molar-refractivity contribution in [1.29, 1.82) is 0 Å². The van der Waals surface area contributed by atoms with Crippen LogP contribution in [0.25, 0.3) is 11.3 Å². The topological polar surface area (TPSA) is 26.0 Å². The van der Waals surface area contributed by atoms with Crippen LogP contribution in [-0.4, -0.2) is 0 Å². The SMILES string of the molecule is CC(=C(N)c1ccccc1)c1ccccc1. The number of rotatable bonds is 2. The molecule has 0 atom stereocenters. The molecule has 0 heterocycles. The molecular weight excluding hydrogens is 194 g/mol. The predicted octanol–water partition coefficient (Wildman–Crippen LogP) is 3.53. The van der Waals surface area contributed by atoms with E-state index in [1.54, 1.807) is 0 Å². The van der Waals surface area contributed by atoms with Gasteiger partial charge in [0, 0.05) is 5.70 Å². The first-order valence-corrected chi connectivity index (χ1v) is 5.36. The monoisotopic (exact) mass is 209 g/mol. The van der Waals surface area contributed by atoms with E-state index in [9.17, 15) is 0 Å². The van der Waals surface area contributed by atoms with Crippen LogP contribution in [0.5, 0.6) is 0 Å². The highest BCUT2D eigenvalue weighted by Crippen LogP contribution is 2.21. The van der Waals surface area contributed by atoms with Gasteiger partial charge in [-0.05, 0) is 23.6 Å². The first-order chi connectivity index (χ1) is 7.79. The van der Waals surface area contributed by atoms with Gasteiger partial charge in [-0.15, -0.1) is 0 Å². The van der Waals surface area contributed by atoms with Crippen LogP contribution in [-0.2, 0) is 0 Å². The Morgan fingerprint density at radius 3 is 1.69 bits per heavy atom. The zero-order valence-corrected chi connectivity index (χ0v) is 9.35. The van der Waals surface area contributed by atoms with Crippen LogP contribution >= 0.6 is 0 Å². The molecule has 16 heavy (non-hydrogen) atoms. The molecule has 80 valence electrons. The maximum atomic E-state index is 6.15. The third-order valence-corrected chi connectivity index (χ3v) is 2.70. The van der Waals surface area contributed by atoms with Crippen LogP contribution in [0.15, 0.2) is 60.7 Å². The molecule has 2 N–H and O–H groups in total. The van der Waals surface area contributed by atoms with Gasteiger partial charge in [0.15, 0.2) is 0 Å². The van der Waals surface area contributed by atoms with Gasteiger partial charge in [-0.25, -0.2) is 0 Å². The molecular formula is C15H15N. The molecule has 1 heteroatoms. The van der Waals surface area contributed by atoms with Crippen molar-refractivity contribution in [2.75, 3.05) is 0 Å². The van der Waals surface area contributed by atoms with E-state index in [1.807, 2.05) is 48.5 Å². The highest BCUT2D eigenvalue weighted by molar-refractivity contribution is 5.88. The quantitative estimate of drug-likeness (QED) is 0.752. The fourth-order valence-corrected chi connectivity index (χ4v) is 1.68. The molecule has 0 saturated heterocycles. The third kappa shape index (κ3) is 2.14. The molecule has 1 nitrogen and oxygen atoms in total. The second-order valence-corrected chi connectivity index (χ2v) is 3.77. The minimum absolute atomic E-state index is 0.840. The van der Waals surface area contributed by atoms with Gasteiger partial charge < -0.3 is 5.73 Å². The number of nitrogens with two attached hydrogens (primary N) is 1. The van der Waals surface area contributed by atoms with Crippen LogP contribution in [0.3, 0.4) is 0 Å². The van der Waals surface area contributed by atoms with Crippen molar-refractivity contribution in [1.82, 2.24) is 0 Å². The molecule has 2 aromatic rings. The number of hydrogen-bond acceptors (Lipinski definition) is 1. The van der Waals surface area contributed by atoms with Gasteiger partial charge in [0.1, 0.15) is 0 Å². The Bertz CT molecular complexity index is 436. The average Bonchev–Trinajstić information content (AvgIpc) is 2.39. The summed E-state index contributed by atoms with van der Waals surface area (Å²) in [6.07, 6.45) is 0. The summed E-state index contributed by atoms with van der Waals surface area (Å²) in [5.41, 5.74) is 10.4. The lowest BCUT2D eigenvalue weighted by Crippen LogP contribution is -1.99. The van der Waals surface area contributed by atoms with Crippen LogP contribution < -0.4 is 5.73 Å². The number of hydrogen-bond donors (Lipinski definition) is 1. The summed E-state index contributed by atoms with van der Waals surface area (Å²) < 4.78 is 0. The van der Waals surface area contributed by atoms with Crippen molar-refractivity contribution in [3.8, 4) is 0 Å². The van der Waals surface area contributed by atoms with Crippen LogP contribution in [0, 0.1) is 0 Å². The molecule has 0 unspecified atom stereocenters. The first-order valence-electron chi connectivity index (χ1n) is 5.36. The maximum Gasteiger partial charge on any atom is 0.0423 e. The lowest BCUT2D eigenvalue weighted by Gasteiger charge is -2.08. The van der Waals surface area contributed by atoms with Gasteiger partial charge in [0.05, 0.1) is 0 Å². The summed E-state index contributed by atoms with van der Waals surface area (Å²) in [7, 11) is 0. The van der Waals surface area contributed by atoms with E-state index in [0.717, 1.165) is 16.8 Å². The lowest BCUT2D eigenvalue weighted by atomic mass is 10.0. The van der Waals surface area contributed by atoms with Gasteiger partial charge in [0.2, 0.25) is 0 Å². The molecule has 0 aromatic heterocycles. The normalized spacial score (nSPS) is 12.1. The Morgan fingerprint density at radius 2 is 1.19 bits per heavy atom. The van der Waals surface area contributed by atoms with E-state index in [0.29, 0.717) is 0 Å². The molecule has 0 amide bonds. The van der Waals surface area contributed by atoms with E-state index >= 15 is 0 Å². The van der Waals surface area contributed by atoms with Crippen molar-refractivity contribution in [2.45, 2.75) is 6.92 Å². The van der Waals surface area contributed by atoms with Gasteiger partial charge >= 0.3 is 0 Å². The van der Waals surface area contributed by atoms with Crippen molar-refractivity contribution < 1.29 is 0 Å². The van der Waals surface area contributed by atoms with Crippen molar-refractivity contribution in [2.24, 2.45) is 5.73 Å². The molecule has 0 saturated carbocycles. The van der Waals surface area contributed by atoms with Gasteiger partial charge in [-0.2, -0.15) is 0 Å². The average molecular weight is 209 g/mol. The highest BCUT2D eigenvalue weighted by atomic mass is 14.6. The molecule has 0 radical (unpaired) electrons. The summed E-state index contributed by atoms with van der Waals surface area (Å²) in [5.74, 6) is 0. The molecule has 0 fully saturated rings. The third-order valence-electron chi connectivity index (χ3n) is 2.70. The standard InChI is InChI=1S/C15H15N/c1-12(13-8-4-2-5-9-13)15(16)14-10-6-3-7-11-14/h2-11H,16H2,1H3. The summed E-state index contributed by atoms with van der Waals surface area (Å²) in [5, 5.41) is 0. The Morgan fingerprint density at radius 1 is 0.750 bits per heavy atom. The second-order valence-electron chi connectivity index (χ2n) is 3.77. The first kappa shape index (κ1) is 10.5. The highest BCUT2D eigenvalue weighted by Gasteiger charge is 2.02. The van der Waals surface area contributed by atoms with Crippen LogP contribution in [0.4, 0.5) is 0 Å². The van der Waals surface area contributed by atoms with E-state index in [-0.39, 0.29) is 0 Å². The molecule has 2 aromatic carbocycles. The number of benzene rings is 2. The Hall–Kier alpha value is -2.02. The Labute approximate surface area is 96.2 Å². The second kappa shape index (κ2) is 4.67. The Kier molecular flexibility index (Phi) is 3.06. The van der Waals surface area contributed by atoms with Crippen molar-refractivity contribution in [3.05, 3.63) is 71.8 Å². The largest absolute Gasteiger partial charge is 0.398 e. The van der Waals surface area contributed by atoms with Crippen molar-refractivity contribution >= 4 is 11.3 Å². The molecule has 0 aliphatic heterocycles. The van der Waals surface area contributed by atoms with Crippen molar-refractivity contribution in [3.63, 3.8) is 0 Å². The Balaban J connectivity index is 2.43. The fourth-order valence-electron chi connectivity index (χ4n) is 1.68. The summed E-state index contributed by atoms with van der Waals surface area (Å²) in [4.78, 5) is 0.